The zero-order valence-corrected chi connectivity index (χ0v) is 11.7. The van der Waals surface area contributed by atoms with E-state index in [-0.39, 0.29) is 0 Å². The Kier molecular flexibility index (Phi) is 4.59. The number of nitrogen functional groups attached to an aromatic ring is 1. The van der Waals surface area contributed by atoms with E-state index in [1.807, 2.05) is 6.07 Å². The lowest BCUT2D eigenvalue weighted by Crippen LogP contribution is -2.34. The molecule has 0 amide bonds. The molecule has 0 saturated carbocycles. The third kappa shape index (κ3) is 3.02. The summed E-state index contributed by atoms with van der Waals surface area (Å²) in [5, 5.41) is 0. The van der Waals surface area contributed by atoms with E-state index >= 15 is 0 Å². The van der Waals surface area contributed by atoms with Gasteiger partial charge < -0.3 is 5.73 Å². The van der Waals surface area contributed by atoms with Crippen LogP contribution in [0.25, 0.3) is 0 Å². The molecule has 1 aliphatic heterocycles. The van der Waals surface area contributed by atoms with Gasteiger partial charge in [-0.2, -0.15) is 0 Å². The first-order valence-corrected chi connectivity index (χ1v) is 7.19. The Morgan fingerprint density at radius 3 is 2.94 bits per heavy atom. The van der Waals surface area contributed by atoms with Gasteiger partial charge in [0.05, 0.1) is 0 Å². The topological polar surface area (TPSA) is 42.1 Å². The molecule has 0 aliphatic carbocycles. The summed E-state index contributed by atoms with van der Waals surface area (Å²) in [6, 6.07) is 4.67. The predicted octanol–water partition coefficient (Wildman–Crippen LogP) is 3.30. The lowest BCUT2D eigenvalue weighted by Gasteiger charge is -2.36. The lowest BCUT2D eigenvalue weighted by molar-refractivity contribution is 0.146. The second kappa shape index (κ2) is 6.19. The van der Waals surface area contributed by atoms with Crippen LogP contribution in [0.3, 0.4) is 0 Å². The van der Waals surface area contributed by atoms with Gasteiger partial charge in [0.1, 0.15) is 5.82 Å². The lowest BCUT2D eigenvalue weighted by atomic mass is 9.94. The zero-order chi connectivity index (χ0) is 13.0. The molecule has 1 aliphatic rings. The van der Waals surface area contributed by atoms with Crippen LogP contribution in [0.4, 0.5) is 5.82 Å². The number of anilines is 1. The maximum Gasteiger partial charge on any atom is 0.123 e. The molecule has 0 aromatic carbocycles. The van der Waals surface area contributed by atoms with E-state index in [9.17, 15) is 0 Å². The molecule has 18 heavy (non-hydrogen) atoms. The molecule has 1 fully saturated rings. The van der Waals surface area contributed by atoms with Crippen LogP contribution in [0.1, 0.15) is 56.3 Å². The number of unbranched alkanes of at least 4 members (excludes halogenated alkanes) is 1. The zero-order valence-electron chi connectivity index (χ0n) is 11.7. The molecular weight excluding hydrogens is 222 g/mol. The van der Waals surface area contributed by atoms with Crippen molar-refractivity contribution in [1.29, 1.82) is 0 Å². The summed E-state index contributed by atoms with van der Waals surface area (Å²) >= 11 is 0. The molecule has 2 N–H and O–H groups in total. The van der Waals surface area contributed by atoms with Crippen LogP contribution in [0.2, 0.25) is 0 Å². The number of pyridine rings is 1. The largest absolute Gasteiger partial charge is 0.384 e. The van der Waals surface area contributed by atoms with Crippen molar-refractivity contribution in [1.82, 2.24) is 9.88 Å². The van der Waals surface area contributed by atoms with E-state index in [4.69, 9.17) is 5.73 Å². The monoisotopic (exact) mass is 247 g/mol. The molecule has 0 radical (unpaired) electrons. The fourth-order valence-corrected chi connectivity index (χ4v) is 2.92. The molecular formula is C15H25N3. The molecule has 2 heterocycles. The van der Waals surface area contributed by atoms with Crippen molar-refractivity contribution >= 4 is 5.82 Å². The van der Waals surface area contributed by atoms with Crippen LogP contribution in [0, 0.1) is 6.92 Å². The number of aryl methyl sites for hydroxylation is 1. The van der Waals surface area contributed by atoms with Crippen LogP contribution in [-0.4, -0.2) is 23.0 Å². The maximum atomic E-state index is 5.75. The van der Waals surface area contributed by atoms with Crippen LogP contribution < -0.4 is 5.73 Å². The van der Waals surface area contributed by atoms with Gasteiger partial charge >= 0.3 is 0 Å². The van der Waals surface area contributed by atoms with Gasteiger partial charge in [0.2, 0.25) is 0 Å². The van der Waals surface area contributed by atoms with Gasteiger partial charge in [-0.15, -0.1) is 0 Å². The van der Waals surface area contributed by atoms with E-state index < -0.39 is 0 Å². The highest BCUT2D eigenvalue weighted by Gasteiger charge is 2.24. The predicted molar refractivity (Wildman–Crippen MR) is 76.5 cm³/mol. The highest BCUT2D eigenvalue weighted by Crippen LogP contribution is 2.32. The molecule has 3 nitrogen and oxygen atoms in total. The van der Waals surface area contributed by atoms with Gasteiger partial charge in [0.25, 0.3) is 0 Å². The second-order valence-corrected chi connectivity index (χ2v) is 5.31. The number of hydrogen-bond donors (Lipinski definition) is 1. The van der Waals surface area contributed by atoms with Gasteiger partial charge in [0.15, 0.2) is 0 Å². The van der Waals surface area contributed by atoms with Crippen molar-refractivity contribution in [2.24, 2.45) is 0 Å². The molecule has 2 rings (SSSR count). The summed E-state index contributed by atoms with van der Waals surface area (Å²) in [5.74, 6) is 0.632. The number of likely N-dealkylation sites (tertiary alicyclic amines) is 1. The van der Waals surface area contributed by atoms with Gasteiger partial charge in [-0.1, -0.05) is 25.8 Å². The van der Waals surface area contributed by atoms with Crippen molar-refractivity contribution in [3.05, 3.63) is 23.4 Å². The van der Waals surface area contributed by atoms with Crippen LogP contribution in [0.15, 0.2) is 12.1 Å². The average molecular weight is 247 g/mol. The van der Waals surface area contributed by atoms with E-state index in [1.54, 1.807) is 0 Å². The van der Waals surface area contributed by atoms with E-state index in [1.165, 1.54) is 50.8 Å². The minimum atomic E-state index is 0.554. The minimum absolute atomic E-state index is 0.554. The van der Waals surface area contributed by atoms with Crippen LogP contribution in [0.5, 0.6) is 0 Å². The summed E-state index contributed by atoms with van der Waals surface area (Å²) in [4.78, 5) is 7.05. The third-order valence-corrected chi connectivity index (χ3v) is 3.92. The normalized spacial score (nSPS) is 21.1. The van der Waals surface area contributed by atoms with Gasteiger partial charge in [-0.05, 0) is 50.9 Å². The average Bonchev–Trinajstić information content (AvgIpc) is 2.37. The summed E-state index contributed by atoms with van der Waals surface area (Å²) in [6.07, 6.45) is 6.48. The molecule has 1 unspecified atom stereocenters. The van der Waals surface area contributed by atoms with Crippen molar-refractivity contribution < 1.29 is 0 Å². The SMILES string of the molecule is CCCCN1CCCCC1c1ccc(N)nc1C. The summed E-state index contributed by atoms with van der Waals surface area (Å²) in [6.45, 7) is 6.78. The van der Waals surface area contributed by atoms with E-state index in [0.717, 1.165) is 5.69 Å². The summed E-state index contributed by atoms with van der Waals surface area (Å²) in [5.41, 5.74) is 8.22. The van der Waals surface area contributed by atoms with Crippen molar-refractivity contribution in [2.75, 3.05) is 18.8 Å². The fourth-order valence-electron chi connectivity index (χ4n) is 2.92. The first-order chi connectivity index (χ1) is 8.72. The van der Waals surface area contributed by atoms with Crippen molar-refractivity contribution in [3.8, 4) is 0 Å². The fraction of sp³-hybridized carbons (Fsp3) is 0.667. The molecule has 3 heteroatoms. The van der Waals surface area contributed by atoms with Gasteiger partial charge in [-0.25, -0.2) is 4.98 Å². The Hall–Kier alpha value is -1.09. The van der Waals surface area contributed by atoms with Gasteiger partial charge in [0, 0.05) is 11.7 Å². The molecule has 0 spiro atoms. The number of aromatic nitrogens is 1. The van der Waals surface area contributed by atoms with Crippen molar-refractivity contribution in [2.45, 2.75) is 52.0 Å². The summed E-state index contributed by atoms with van der Waals surface area (Å²) in [7, 11) is 0. The molecule has 0 bridgehead atoms. The second-order valence-electron chi connectivity index (χ2n) is 5.31. The van der Waals surface area contributed by atoms with E-state index in [0.29, 0.717) is 11.9 Å². The molecule has 1 atom stereocenters. The highest BCUT2D eigenvalue weighted by atomic mass is 15.2. The van der Waals surface area contributed by atoms with Crippen LogP contribution in [-0.2, 0) is 0 Å². The Bertz CT molecular complexity index is 389. The smallest absolute Gasteiger partial charge is 0.123 e. The minimum Gasteiger partial charge on any atom is -0.384 e. The first-order valence-electron chi connectivity index (χ1n) is 7.19. The highest BCUT2D eigenvalue weighted by molar-refractivity contribution is 5.35. The van der Waals surface area contributed by atoms with Gasteiger partial charge in [-0.3, -0.25) is 4.90 Å². The number of nitrogens with two attached hydrogens (primary N) is 1. The Morgan fingerprint density at radius 2 is 2.22 bits per heavy atom. The standard InChI is InChI=1S/C15H25N3/c1-3-4-10-18-11-6-5-7-14(18)13-8-9-15(16)17-12(13)2/h8-9,14H,3-7,10-11H2,1-2H3,(H2,16,17). The number of rotatable bonds is 4. The number of nitrogens with zero attached hydrogens (tertiary/aromatic N) is 2. The van der Waals surface area contributed by atoms with Crippen molar-refractivity contribution in [3.63, 3.8) is 0 Å². The molecule has 1 saturated heterocycles. The van der Waals surface area contributed by atoms with Crippen LogP contribution >= 0.6 is 0 Å². The Balaban J connectivity index is 2.16. The molecule has 100 valence electrons. The number of piperidine rings is 1. The maximum absolute atomic E-state index is 5.75. The number of hydrogen-bond acceptors (Lipinski definition) is 3. The third-order valence-electron chi connectivity index (χ3n) is 3.92. The molecule has 1 aromatic rings. The van der Waals surface area contributed by atoms with E-state index in [2.05, 4.69) is 29.8 Å². The quantitative estimate of drug-likeness (QED) is 0.887. The summed E-state index contributed by atoms with van der Waals surface area (Å²) < 4.78 is 0. The Morgan fingerprint density at radius 1 is 1.39 bits per heavy atom. The molecule has 1 aromatic heterocycles. The first kappa shape index (κ1) is 13.3. The Labute approximate surface area is 110 Å².